The van der Waals surface area contributed by atoms with Crippen LogP contribution in [-0.4, -0.2) is 21.7 Å². The lowest BCUT2D eigenvalue weighted by Crippen LogP contribution is -2.04. The van der Waals surface area contributed by atoms with Gasteiger partial charge in [-0.05, 0) is 29.8 Å². The fourth-order valence-electron chi connectivity index (χ4n) is 2.19. The van der Waals surface area contributed by atoms with Gasteiger partial charge in [0, 0.05) is 41.0 Å². The van der Waals surface area contributed by atoms with Gasteiger partial charge in [-0.1, -0.05) is 0 Å². The van der Waals surface area contributed by atoms with Crippen molar-refractivity contribution in [3.05, 3.63) is 71.0 Å². The van der Waals surface area contributed by atoms with Crippen LogP contribution >= 0.6 is 11.3 Å². The highest BCUT2D eigenvalue weighted by molar-refractivity contribution is 7.15. The molecule has 3 rings (SSSR count). The number of hydrogen-bond donors (Lipinski definition) is 1. The van der Waals surface area contributed by atoms with Gasteiger partial charge in [-0.25, -0.2) is 13.8 Å². The summed E-state index contributed by atoms with van der Waals surface area (Å²) >= 11 is 1.28. The SMILES string of the molecule is OCC(c1ccncc1)c1cnc(-c2ccc(F)cc2F)s1. The van der Waals surface area contributed by atoms with Crippen LogP contribution in [0.1, 0.15) is 16.4 Å². The Bertz CT molecular complexity index is 777. The summed E-state index contributed by atoms with van der Waals surface area (Å²) in [5, 5.41) is 10.1. The molecule has 0 saturated carbocycles. The average Bonchev–Trinajstić information content (AvgIpc) is 2.98. The molecule has 0 radical (unpaired) electrons. The maximum atomic E-state index is 13.8. The van der Waals surface area contributed by atoms with Gasteiger partial charge in [-0.2, -0.15) is 0 Å². The molecule has 0 aliphatic rings. The molecule has 3 aromatic rings. The molecular weight excluding hydrogens is 306 g/mol. The molecule has 0 bridgehead atoms. The fraction of sp³-hybridized carbons (Fsp3) is 0.125. The Hall–Kier alpha value is -2.18. The Morgan fingerprint density at radius 1 is 1.14 bits per heavy atom. The zero-order chi connectivity index (χ0) is 15.5. The summed E-state index contributed by atoms with van der Waals surface area (Å²) in [5.41, 5.74) is 1.16. The largest absolute Gasteiger partial charge is 0.395 e. The van der Waals surface area contributed by atoms with Crippen LogP contribution in [0, 0.1) is 11.6 Å². The number of aromatic nitrogens is 2. The lowest BCUT2D eigenvalue weighted by molar-refractivity contribution is 0.282. The molecule has 1 aromatic carbocycles. The third kappa shape index (κ3) is 2.88. The highest BCUT2D eigenvalue weighted by Crippen LogP contribution is 2.34. The van der Waals surface area contributed by atoms with Crippen molar-refractivity contribution in [2.24, 2.45) is 0 Å². The summed E-state index contributed by atoms with van der Waals surface area (Å²) in [6.07, 6.45) is 4.92. The molecule has 1 unspecified atom stereocenters. The van der Waals surface area contributed by atoms with Gasteiger partial charge in [0.1, 0.15) is 16.6 Å². The van der Waals surface area contributed by atoms with E-state index >= 15 is 0 Å². The summed E-state index contributed by atoms with van der Waals surface area (Å²) in [7, 11) is 0. The molecule has 22 heavy (non-hydrogen) atoms. The average molecular weight is 318 g/mol. The van der Waals surface area contributed by atoms with Gasteiger partial charge in [-0.3, -0.25) is 4.98 Å². The molecule has 0 aliphatic carbocycles. The maximum Gasteiger partial charge on any atom is 0.136 e. The number of thiazole rings is 1. The van der Waals surface area contributed by atoms with E-state index in [1.807, 2.05) is 12.1 Å². The first-order valence-electron chi connectivity index (χ1n) is 6.61. The number of aliphatic hydroxyl groups excluding tert-OH is 1. The lowest BCUT2D eigenvalue weighted by atomic mass is 10.0. The topological polar surface area (TPSA) is 46.0 Å². The molecule has 2 heterocycles. The van der Waals surface area contributed by atoms with Crippen LogP contribution in [0.4, 0.5) is 8.78 Å². The third-order valence-electron chi connectivity index (χ3n) is 3.32. The van der Waals surface area contributed by atoms with Crippen LogP contribution in [0.2, 0.25) is 0 Å². The van der Waals surface area contributed by atoms with E-state index in [9.17, 15) is 13.9 Å². The molecule has 0 aliphatic heterocycles. The van der Waals surface area contributed by atoms with Gasteiger partial charge in [0.25, 0.3) is 0 Å². The van der Waals surface area contributed by atoms with Crippen LogP contribution in [0.15, 0.2) is 48.9 Å². The molecule has 2 aromatic heterocycles. The van der Waals surface area contributed by atoms with Gasteiger partial charge in [0.05, 0.1) is 6.61 Å². The summed E-state index contributed by atoms with van der Waals surface area (Å²) in [4.78, 5) is 8.96. The number of nitrogens with zero attached hydrogens (tertiary/aromatic N) is 2. The number of benzene rings is 1. The van der Waals surface area contributed by atoms with Crippen LogP contribution < -0.4 is 0 Å². The molecule has 1 atom stereocenters. The van der Waals surface area contributed by atoms with Crippen molar-refractivity contribution in [3.8, 4) is 10.6 Å². The quantitative estimate of drug-likeness (QED) is 0.799. The highest BCUT2D eigenvalue weighted by Gasteiger charge is 2.18. The van der Waals surface area contributed by atoms with Crippen LogP contribution in [0.25, 0.3) is 10.6 Å². The summed E-state index contributed by atoms with van der Waals surface area (Å²) in [5.74, 6) is -1.51. The van der Waals surface area contributed by atoms with Crippen LogP contribution in [0.5, 0.6) is 0 Å². The summed E-state index contributed by atoms with van der Waals surface area (Å²) in [6, 6.07) is 7.04. The molecule has 112 valence electrons. The zero-order valence-electron chi connectivity index (χ0n) is 11.4. The van der Waals surface area contributed by atoms with Gasteiger partial charge >= 0.3 is 0 Å². The molecule has 3 nitrogen and oxygen atoms in total. The number of halogens is 2. The van der Waals surface area contributed by atoms with E-state index in [0.717, 1.165) is 16.5 Å². The van der Waals surface area contributed by atoms with E-state index in [2.05, 4.69) is 9.97 Å². The zero-order valence-corrected chi connectivity index (χ0v) is 12.2. The standard InChI is InChI=1S/C16H12F2N2OS/c17-11-1-2-12(14(18)7-11)16-20-8-15(22-16)13(9-21)10-3-5-19-6-4-10/h1-8,13,21H,9H2. The second-order valence-corrected chi connectivity index (χ2v) is 5.77. The van der Waals surface area contributed by atoms with Crippen molar-refractivity contribution >= 4 is 11.3 Å². The van der Waals surface area contributed by atoms with E-state index in [4.69, 9.17) is 0 Å². The van der Waals surface area contributed by atoms with Crippen molar-refractivity contribution in [2.75, 3.05) is 6.61 Å². The summed E-state index contributed by atoms with van der Waals surface area (Å²) < 4.78 is 26.8. The van der Waals surface area contributed by atoms with E-state index in [-0.39, 0.29) is 18.1 Å². The second-order valence-electron chi connectivity index (χ2n) is 4.71. The Balaban J connectivity index is 1.96. The molecule has 1 N–H and O–H groups in total. The van der Waals surface area contributed by atoms with Crippen molar-refractivity contribution in [3.63, 3.8) is 0 Å². The van der Waals surface area contributed by atoms with Gasteiger partial charge in [-0.15, -0.1) is 11.3 Å². The Labute approximate surface area is 129 Å². The Kier molecular flexibility index (Phi) is 4.22. The minimum atomic E-state index is -0.648. The van der Waals surface area contributed by atoms with E-state index in [1.165, 1.54) is 23.5 Å². The van der Waals surface area contributed by atoms with Crippen LogP contribution in [0.3, 0.4) is 0 Å². The minimum absolute atomic E-state index is 0.0858. The smallest absolute Gasteiger partial charge is 0.136 e. The monoisotopic (exact) mass is 318 g/mol. The molecule has 0 amide bonds. The van der Waals surface area contributed by atoms with Crippen LogP contribution in [-0.2, 0) is 0 Å². The van der Waals surface area contributed by atoms with Crippen molar-refractivity contribution in [1.29, 1.82) is 0 Å². The van der Waals surface area contributed by atoms with Gasteiger partial charge in [0.2, 0.25) is 0 Å². The van der Waals surface area contributed by atoms with Gasteiger partial charge < -0.3 is 5.11 Å². The third-order valence-corrected chi connectivity index (χ3v) is 4.46. The van der Waals surface area contributed by atoms with Crippen molar-refractivity contribution in [2.45, 2.75) is 5.92 Å². The predicted octanol–water partition coefficient (Wildman–Crippen LogP) is 3.61. The number of pyridine rings is 1. The molecule has 6 heteroatoms. The van der Waals surface area contributed by atoms with E-state index < -0.39 is 11.6 Å². The number of aliphatic hydroxyl groups is 1. The first-order valence-corrected chi connectivity index (χ1v) is 7.42. The van der Waals surface area contributed by atoms with E-state index in [1.54, 1.807) is 18.6 Å². The van der Waals surface area contributed by atoms with Crippen molar-refractivity contribution < 1.29 is 13.9 Å². The molecule has 0 fully saturated rings. The second kappa shape index (κ2) is 6.29. The minimum Gasteiger partial charge on any atom is -0.395 e. The lowest BCUT2D eigenvalue weighted by Gasteiger charge is -2.11. The predicted molar refractivity (Wildman–Crippen MR) is 80.6 cm³/mol. The first kappa shape index (κ1) is 14.7. The Morgan fingerprint density at radius 2 is 1.91 bits per heavy atom. The highest BCUT2D eigenvalue weighted by atomic mass is 32.1. The fourth-order valence-corrected chi connectivity index (χ4v) is 3.25. The Morgan fingerprint density at radius 3 is 2.59 bits per heavy atom. The molecule has 0 spiro atoms. The van der Waals surface area contributed by atoms with Gasteiger partial charge in [0.15, 0.2) is 0 Å². The normalized spacial score (nSPS) is 12.3. The molecular formula is C16H12F2N2OS. The van der Waals surface area contributed by atoms with E-state index in [0.29, 0.717) is 5.01 Å². The number of hydrogen-bond acceptors (Lipinski definition) is 4. The number of rotatable bonds is 4. The summed E-state index contributed by atoms with van der Waals surface area (Å²) in [6.45, 7) is -0.0858. The maximum absolute atomic E-state index is 13.8. The molecule has 0 saturated heterocycles. The first-order chi connectivity index (χ1) is 10.7. The van der Waals surface area contributed by atoms with Crippen molar-refractivity contribution in [1.82, 2.24) is 9.97 Å².